The van der Waals surface area contributed by atoms with Crippen LogP contribution in [0.2, 0.25) is 0 Å². The predicted molar refractivity (Wildman–Crippen MR) is 118 cm³/mol. The summed E-state index contributed by atoms with van der Waals surface area (Å²) >= 11 is 0. The van der Waals surface area contributed by atoms with Crippen molar-refractivity contribution in [1.82, 2.24) is 9.55 Å². The molecule has 2 aromatic heterocycles. The molecule has 0 saturated heterocycles. The normalized spacial score (nSPS) is 10.5. The van der Waals surface area contributed by atoms with Crippen LogP contribution >= 0.6 is 0 Å². The van der Waals surface area contributed by atoms with Crippen LogP contribution in [0.5, 0.6) is 0 Å². The van der Waals surface area contributed by atoms with E-state index in [1.54, 1.807) is 30.3 Å². The molecular formula is C24H18N4O4. The first-order valence-corrected chi connectivity index (χ1v) is 9.56. The van der Waals surface area contributed by atoms with Gasteiger partial charge in [-0.1, -0.05) is 30.3 Å². The fourth-order valence-corrected chi connectivity index (χ4v) is 3.51. The number of esters is 2. The summed E-state index contributed by atoms with van der Waals surface area (Å²) in [6.45, 7) is 0. The zero-order chi connectivity index (χ0) is 22.8. The SMILES string of the molecule is COC(=O)c1cc(-c2ccc(-n3cc(C#N)c(N)c3C(=O)OC)cc2)nc2ccccc12. The van der Waals surface area contributed by atoms with Crippen molar-refractivity contribution in [3.63, 3.8) is 0 Å². The minimum Gasteiger partial charge on any atom is -0.465 e. The highest BCUT2D eigenvalue weighted by Crippen LogP contribution is 2.28. The van der Waals surface area contributed by atoms with Gasteiger partial charge in [0.15, 0.2) is 5.69 Å². The summed E-state index contributed by atoms with van der Waals surface area (Å²) in [4.78, 5) is 29.2. The van der Waals surface area contributed by atoms with Gasteiger partial charge in [0.25, 0.3) is 0 Å². The van der Waals surface area contributed by atoms with Gasteiger partial charge in [-0.05, 0) is 24.3 Å². The van der Waals surface area contributed by atoms with Crippen LogP contribution in [0.3, 0.4) is 0 Å². The van der Waals surface area contributed by atoms with Crippen LogP contribution < -0.4 is 5.73 Å². The van der Waals surface area contributed by atoms with Gasteiger partial charge in [-0.2, -0.15) is 5.26 Å². The monoisotopic (exact) mass is 426 g/mol. The number of pyridine rings is 1. The fourth-order valence-electron chi connectivity index (χ4n) is 3.51. The van der Waals surface area contributed by atoms with E-state index in [2.05, 4.69) is 4.98 Å². The largest absolute Gasteiger partial charge is 0.465 e. The minimum absolute atomic E-state index is 0.0577. The maximum absolute atomic E-state index is 12.3. The molecule has 8 nitrogen and oxygen atoms in total. The van der Waals surface area contributed by atoms with Gasteiger partial charge in [0, 0.05) is 22.8 Å². The van der Waals surface area contributed by atoms with Crippen molar-refractivity contribution in [2.45, 2.75) is 0 Å². The lowest BCUT2D eigenvalue weighted by Crippen LogP contribution is -2.11. The number of nitriles is 1. The number of hydrogen-bond acceptors (Lipinski definition) is 7. The number of rotatable bonds is 4. The van der Waals surface area contributed by atoms with Gasteiger partial charge in [0.2, 0.25) is 0 Å². The highest BCUT2D eigenvalue weighted by atomic mass is 16.5. The number of methoxy groups -OCH3 is 2. The molecule has 4 aromatic rings. The molecule has 0 bridgehead atoms. The maximum Gasteiger partial charge on any atom is 0.357 e. The van der Waals surface area contributed by atoms with Crippen LogP contribution in [0.15, 0.2) is 60.8 Å². The molecule has 0 amide bonds. The van der Waals surface area contributed by atoms with E-state index in [0.29, 0.717) is 27.8 Å². The van der Waals surface area contributed by atoms with Gasteiger partial charge in [-0.25, -0.2) is 14.6 Å². The molecule has 4 rings (SSSR count). The molecule has 0 radical (unpaired) electrons. The number of aromatic nitrogens is 2. The minimum atomic E-state index is -0.646. The number of anilines is 1. The molecule has 0 aliphatic carbocycles. The van der Waals surface area contributed by atoms with E-state index in [9.17, 15) is 14.9 Å². The summed E-state index contributed by atoms with van der Waals surface area (Å²) in [5, 5.41) is 9.99. The summed E-state index contributed by atoms with van der Waals surface area (Å²) in [6.07, 6.45) is 1.49. The molecule has 8 heteroatoms. The zero-order valence-corrected chi connectivity index (χ0v) is 17.3. The van der Waals surface area contributed by atoms with Crippen LogP contribution in [0.1, 0.15) is 26.4 Å². The first-order chi connectivity index (χ1) is 15.5. The number of benzene rings is 2. The second kappa shape index (κ2) is 8.24. The molecule has 0 unspecified atom stereocenters. The van der Waals surface area contributed by atoms with E-state index in [4.69, 9.17) is 15.2 Å². The van der Waals surface area contributed by atoms with Crippen molar-refractivity contribution < 1.29 is 19.1 Å². The molecular weight excluding hydrogens is 408 g/mol. The first kappa shape index (κ1) is 20.6. The molecule has 0 aliphatic heterocycles. The Labute approximate surface area is 183 Å². The fraction of sp³-hybridized carbons (Fsp3) is 0.0833. The van der Waals surface area contributed by atoms with Gasteiger partial charge in [-0.15, -0.1) is 0 Å². The number of nitrogens with zero attached hydrogens (tertiary/aromatic N) is 3. The van der Waals surface area contributed by atoms with E-state index in [-0.39, 0.29) is 16.9 Å². The van der Waals surface area contributed by atoms with Gasteiger partial charge in [-0.3, -0.25) is 0 Å². The third-order valence-electron chi connectivity index (χ3n) is 5.11. The van der Waals surface area contributed by atoms with Crippen LogP contribution in [-0.4, -0.2) is 35.7 Å². The first-order valence-electron chi connectivity index (χ1n) is 9.56. The molecule has 0 saturated carbocycles. The molecule has 2 heterocycles. The topological polar surface area (TPSA) is 120 Å². The van der Waals surface area contributed by atoms with E-state index in [1.165, 1.54) is 25.0 Å². The number of ether oxygens (including phenoxy) is 2. The molecule has 2 N–H and O–H groups in total. The van der Waals surface area contributed by atoms with Crippen molar-refractivity contribution in [3.8, 4) is 23.0 Å². The third kappa shape index (κ3) is 3.42. The molecule has 0 fully saturated rings. The number of nitrogens with two attached hydrogens (primary N) is 1. The number of para-hydroxylation sites is 1. The summed E-state index contributed by atoms with van der Waals surface area (Å²) in [6, 6.07) is 18.1. The number of hydrogen-bond donors (Lipinski definition) is 1. The van der Waals surface area contributed by atoms with E-state index in [1.807, 2.05) is 30.3 Å². The predicted octanol–water partition coefficient (Wildman–Crippen LogP) is 3.72. The zero-order valence-electron chi connectivity index (χ0n) is 17.3. The third-order valence-corrected chi connectivity index (χ3v) is 5.11. The van der Waals surface area contributed by atoms with E-state index < -0.39 is 11.9 Å². The Kier molecular flexibility index (Phi) is 5.31. The van der Waals surface area contributed by atoms with E-state index >= 15 is 0 Å². The van der Waals surface area contributed by atoms with Gasteiger partial charge >= 0.3 is 11.9 Å². The quantitative estimate of drug-likeness (QED) is 0.494. The van der Waals surface area contributed by atoms with Crippen LogP contribution in [-0.2, 0) is 9.47 Å². The van der Waals surface area contributed by atoms with Gasteiger partial charge < -0.3 is 19.8 Å². The van der Waals surface area contributed by atoms with Gasteiger partial charge in [0.1, 0.15) is 6.07 Å². The summed E-state index contributed by atoms with van der Waals surface area (Å²) in [7, 11) is 2.59. The lowest BCUT2D eigenvalue weighted by atomic mass is 10.0. The Morgan fingerprint density at radius 3 is 2.38 bits per heavy atom. The van der Waals surface area contributed by atoms with E-state index in [0.717, 1.165) is 5.56 Å². The molecule has 2 aromatic carbocycles. The van der Waals surface area contributed by atoms with Crippen LogP contribution in [0.25, 0.3) is 27.8 Å². The number of fused-ring (bicyclic) bond motifs is 1. The van der Waals surface area contributed by atoms with Gasteiger partial charge in [0.05, 0.1) is 42.2 Å². The average Bonchev–Trinajstić information content (AvgIpc) is 3.18. The Morgan fingerprint density at radius 1 is 1.03 bits per heavy atom. The number of carbonyl (C=O) groups is 2. The highest BCUT2D eigenvalue weighted by molar-refractivity contribution is 6.04. The molecule has 32 heavy (non-hydrogen) atoms. The van der Waals surface area contributed by atoms with Crippen LogP contribution in [0, 0.1) is 11.3 Å². The van der Waals surface area contributed by atoms with Crippen molar-refractivity contribution in [3.05, 3.63) is 77.6 Å². The lowest BCUT2D eigenvalue weighted by molar-refractivity contribution is 0.0587. The lowest BCUT2D eigenvalue weighted by Gasteiger charge is -2.11. The number of nitrogen functional groups attached to an aromatic ring is 1. The van der Waals surface area contributed by atoms with Crippen molar-refractivity contribution >= 4 is 28.5 Å². The highest BCUT2D eigenvalue weighted by Gasteiger charge is 2.22. The van der Waals surface area contributed by atoms with Crippen molar-refractivity contribution in [1.29, 1.82) is 5.26 Å². The summed E-state index contributed by atoms with van der Waals surface area (Å²) in [5.41, 5.74) is 9.31. The van der Waals surface area contributed by atoms with Crippen molar-refractivity contribution in [2.75, 3.05) is 20.0 Å². The second-order valence-electron chi connectivity index (χ2n) is 6.89. The Hall–Kier alpha value is -4.64. The van der Waals surface area contributed by atoms with Crippen molar-refractivity contribution in [2.24, 2.45) is 0 Å². The molecule has 158 valence electrons. The Morgan fingerprint density at radius 2 is 1.72 bits per heavy atom. The molecule has 0 aliphatic rings. The second-order valence-corrected chi connectivity index (χ2v) is 6.89. The Balaban J connectivity index is 1.81. The standard InChI is InChI=1S/C24H18N4O4/c1-31-23(29)18-11-20(27-19-6-4-3-5-17(18)19)14-7-9-16(10-8-14)28-13-15(12-25)21(26)22(28)24(30)32-2/h3-11,13H,26H2,1-2H3. The Bertz CT molecular complexity index is 1400. The smallest absolute Gasteiger partial charge is 0.357 e. The molecule has 0 spiro atoms. The van der Waals surface area contributed by atoms with Crippen LogP contribution in [0.4, 0.5) is 5.69 Å². The number of carbonyl (C=O) groups excluding carboxylic acids is 2. The molecule has 0 atom stereocenters. The average molecular weight is 426 g/mol. The summed E-state index contributed by atoms with van der Waals surface area (Å²) < 4.78 is 11.3. The summed E-state index contributed by atoms with van der Waals surface area (Å²) in [5.74, 6) is -1.09. The maximum atomic E-state index is 12.3.